The lowest BCUT2D eigenvalue weighted by atomic mass is 10.1. The van der Waals surface area contributed by atoms with Crippen LogP contribution in [0.4, 0.5) is 0 Å². The van der Waals surface area contributed by atoms with E-state index in [-0.39, 0.29) is 6.10 Å². The maximum Gasteiger partial charge on any atom is 0.212 e. The Morgan fingerprint density at radius 3 is 2.86 bits per heavy atom. The SMILES string of the molecule is COc1ccc(C2COc3cc(C(C)=NO)ccc3O2)cn1. The van der Waals surface area contributed by atoms with Crippen LogP contribution in [-0.2, 0) is 0 Å². The lowest BCUT2D eigenvalue weighted by Gasteiger charge is -2.27. The van der Waals surface area contributed by atoms with Crippen molar-refractivity contribution in [1.29, 1.82) is 0 Å². The van der Waals surface area contributed by atoms with E-state index in [1.807, 2.05) is 18.2 Å². The summed E-state index contributed by atoms with van der Waals surface area (Å²) < 4.78 is 16.8. The predicted octanol–water partition coefficient (Wildman–Crippen LogP) is 2.80. The molecule has 2 aromatic rings. The lowest BCUT2D eigenvalue weighted by molar-refractivity contribution is 0.0909. The standard InChI is InChI=1S/C16H16N2O4/c1-10(18-19)11-3-5-13-14(7-11)21-9-15(22-13)12-4-6-16(20-2)17-8-12/h3-8,15,19H,9H2,1-2H3. The molecule has 1 aliphatic rings. The molecule has 0 radical (unpaired) electrons. The minimum atomic E-state index is -0.218. The van der Waals surface area contributed by atoms with Crippen LogP contribution in [0.15, 0.2) is 41.7 Å². The van der Waals surface area contributed by atoms with Crippen molar-refractivity contribution >= 4 is 5.71 Å². The van der Waals surface area contributed by atoms with Crippen molar-refractivity contribution in [3.05, 3.63) is 47.7 Å². The van der Waals surface area contributed by atoms with Gasteiger partial charge in [0.1, 0.15) is 6.61 Å². The quantitative estimate of drug-likeness (QED) is 0.536. The summed E-state index contributed by atoms with van der Waals surface area (Å²) >= 11 is 0. The Hall–Kier alpha value is -2.76. The Kier molecular flexibility index (Phi) is 3.82. The van der Waals surface area contributed by atoms with E-state index >= 15 is 0 Å². The van der Waals surface area contributed by atoms with Gasteiger partial charge in [0.25, 0.3) is 0 Å². The van der Waals surface area contributed by atoms with E-state index in [4.69, 9.17) is 19.4 Å². The summed E-state index contributed by atoms with van der Waals surface area (Å²) in [6, 6.07) is 9.13. The molecule has 2 heterocycles. The summed E-state index contributed by atoms with van der Waals surface area (Å²) in [5.41, 5.74) is 2.23. The highest BCUT2D eigenvalue weighted by molar-refractivity contribution is 5.98. The van der Waals surface area contributed by atoms with Gasteiger partial charge in [0.2, 0.25) is 5.88 Å². The molecule has 0 saturated heterocycles. The number of oxime groups is 1. The van der Waals surface area contributed by atoms with Crippen molar-refractivity contribution < 1.29 is 19.4 Å². The van der Waals surface area contributed by atoms with Gasteiger partial charge in [-0.3, -0.25) is 0 Å². The Morgan fingerprint density at radius 2 is 2.18 bits per heavy atom. The fourth-order valence-electron chi connectivity index (χ4n) is 2.22. The number of nitrogens with zero attached hydrogens (tertiary/aromatic N) is 2. The Morgan fingerprint density at radius 1 is 1.32 bits per heavy atom. The molecule has 1 unspecified atom stereocenters. The molecule has 1 aromatic carbocycles. The second-order valence-corrected chi connectivity index (χ2v) is 4.90. The molecule has 1 aliphatic heterocycles. The first-order valence-corrected chi connectivity index (χ1v) is 6.83. The third-order valence-electron chi connectivity index (χ3n) is 3.51. The van der Waals surface area contributed by atoms with Crippen LogP contribution in [-0.4, -0.2) is 29.6 Å². The zero-order valence-electron chi connectivity index (χ0n) is 12.3. The van der Waals surface area contributed by atoms with Gasteiger partial charge in [0, 0.05) is 23.4 Å². The van der Waals surface area contributed by atoms with Gasteiger partial charge in [-0.15, -0.1) is 0 Å². The number of hydrogen-bond donors (Lipinski definition) is 1. The van der Waals surface area contributed by atoms with E-state index < -0.39 is 0 Å². The van der Waals surface area contributed by atoms with E-state index in [9.17, 15) is 0 Å². The zero-order valence-corrected chi connectivity index (χ0v) is 12.3. The van der Waals surface area contributed by atoms with E-state index in [1.165, 1.54) is 0 Å². The first-order chi connectivity index (χ1) is 10.7. The predicted molar refractivity (Wildman–Crippen MR) is 80.1 cm³/mol. The molecular formula is C16H16N2O4. The molecule has 0 amide bonds. The maximum absolute atomic E-state index is 8.82. The van der Waals surface area contributed by atoms with Gasteiger partial charge in [-0.05, 0) is 31.2 Å². The van der Waals surface area contributed by atoms with Gasteiger partial charge in [0.15, 0.2) is 17.6 Å². The van der Waals surface area contributed by atoms with Crippen molar-refractivity contribution in [2.45, 2.75) is 13.0 Å². The smallest absolute Gasteiger partial charge is 0.212 e. The van der Waals surface area contributed by atoms with Gasteiger partial charge in [-0.1, -0.05) is 5.16 Å². The Bertz CT molecular complexity index is 698. The molecule has 6 nitrogen and oxygen atoms in total. The number of hydrogen-bond acceptors (Lipinski definition) is 6. The van der Waals surface area contributed by atoms with Gasteiger partial charge in [-0.2, -0.15) is 0 Å². The normalized spacial score (nSPS) is 17.2. The van der Waals surface area contributed by atoms with Crippen LogP contribution in [0.1, 0.15) is 24.2 Å². The molecule has 1 aromatic heterocycles. The summed E-state index contributed by atoms with van der Waals surface area (Å²) in [7, 11) is 1.58. The van der Waals surface area contributed by atoms with Gasteiger partial charge < -0.3 is 19.4 Å². The molecule has 22 heavy (non-hydrogen) atoms. The number of methoxy groups -OCH3 is 1. The number of rotatable bonds is 3. The largest absolute Gasteiger partial charge is 0.485 e. The fraction of sp³-hybridized carbons (Fsp3) is 0.250. The van der Waals surface area contributed by atoms with Crippen molar-refractivity contribution in [3.8, 4) is 17.4 Å². The van der Waals surface area contributed by atoms with Crippen molar-refractivity contribution in [2.24, 2.45) is 5.16 Å². The highest BCUT2D eigenvalue weighted by Crippen LogP contribution is 2.37. The lowest BCUT2D eigenvalue weighted by Crippen LogP contribution is -2.22. The maximum atomic E-state index is 8.82. The Labute approximate surface area is 128 Å². The van der Waals surface area contributed by atoms with Gasteiger partial charge in [-0.25, -0.2) is 4.98 Å². The number of ether oxygens (including phenoxy) is 3. The van der Waals surface area contributed by atoms with Crippen LogP contribution in [0.5, 0.6) is 17.4 Å². The highest BCUT2D eigenvalue weighted by Gasteiger charge is 2.23. The molecule has 1 atom stereocenters. The first-order valence-electron chi connectivity index (χ1n) is 6.83. The molecule has 1 N–H and O–H groups in total. The van der Waals surface area contributed by atoms with Crippen molar-refractivity contribution in [1.82, 2.24) is 4.98 Å². The number of fused-ring (bicyclic) bond motifs is 1. The summed E-state index contributed by atoms with van der Waals surface area (Å²) in [6.45, 7) is 2.11. The molecule has 0 fully saturated rings. The number of pyridine rings is 1. The average molecular weight is 300 g/mol. The average Bonchev–Trinajstić information content (AvgIpc) is 2.60. The molecule has 114 valence electrons. The molecule has 6 heteroatoms. The Balaban J connectivity index is 1.81. The molecule has 0 aliphatic carbocycles. The van der Waals surface area contributed by atoms with Crippen LogP contribution in [0.25, 0.3) is 0 Å². The van der Waals surface area contributed by atoms with Gasteiger partial charge in [0.05, 0.1) is 12.8 Å². The second kappa shape index (κ2) is 5.93. The first kappa shape index (κ1) is 14.2. The molecule has 0 saturated carbocycles. The third kappa shape index (κ3) is 2.67. The van der Waals surface area contributed by atoms with Gasteiger partial charge >= 0.3 is 0 Å². The molecular weight excluding hydrogens is 284 g/mol. The highest BCUT2D eigenvalue weighted by atomic mass is 16.6. The van der Waals surface area contributed by atoms with E-state index in [0.29, 0.717) is 29.7 Å². The molecule has 0 bridgehead atoms. The van der Waals surface area contributed by atoms with Crippen LogP contribution in [0, 0.1) is 0 Å². The fourth-order valence-corrected chi connectivity index (χ4v) is 2.22. The summed E-state index contributed by atoms with van der Waals surface area (Å²) in [5.74, 6) is 1.85. The van der Waals surface area contributed by atoms with Crippen LogP contribution >= 0.6 is 0 Å². The summed E-state index contributed by atoms with van der Waals surface area (Å²) in [5, 5.41) is 12.0. The van der Waals surface area contributed by atoms with E-state index in [2.05, 4.69) is 10.1 Å². The van der Waals surface area contributed by atoms with Crippen LogP contribution in [0.3, 0.4) is 0 Å². The minimum absolute atomic E-state index is 0.218. The third-order valence-corrected chi connectivity index (χ3v) is 3.51. The van der Waals surface area contributed by atoms with Crippen molar-refractivity contribution in [2.75, 3.05) is 13.7 Å². The van der Waals surface area contributed by atoms with Crippen molar-refractivity contribution in [3.63, 3.8) is 0 Å². The number of aromatic nitrogens is 1. The topological polar surface area (TPSA) is 73.2 Å². The van der Waals surface area contributed by atoms with Crippen LogP contribution < -0.4 is 14.2 Å². The minimum Gasteiger partial charge on any atom is -0.485 e. The second-order valence-electron chi connectivity index (χ2n) is 4.90. The van der Waals surface area contributed by atoms with Crippen LogP contribution in [0.2, 0.25) is 0 Å². The molecule has 0 spiro atoms. The summed E-state index contributed by atoms with van der Waals surface area (Å²) in [4.78, 5) is 4.18. The summed E-state index contributed by atoms with van der Waals surface area (Å²) in [6.07, 6.45) is 1.50. The number of benzene rings is 1. The molecule has 3 rings (SSSR count). The van der Waals surface area contributed by atoms with E-state index in [1.54, 1.807) is 32.4 Å². The monoisotopic (exact) mass is 300 g/mol. The van der Waals surface area contributed by atoms with E-state index in [0.717, 1.165) is 11.1 Å². The zero-order chi connectivity index (χ0) is 15.5.